The van der Waals surface area contributed by atoms with Crippen molar-refractivity contribution in [3.63, 3.8) is 0 Å². The van der Waals surface area contributed by atoms with E-state index in [2.05, 4.69) is 15.6 Å². The fraction of sp³-hybridized carbons (Fsp3) is 0.158. The highest BCUT2D eigenvalue weighted by molar-refractivity contribution is 6.41. The minimum atomic E-state index is -0.514. The van der Waals surface area contributed by atoms with E-state index in [9.17, 15) is 9.59 Å². The lowest BCUT2D eigenvalue weighted by atomic mass is 10.0. The van der Waals surface area contributed by atoms with Gasteiger partial charge in [-0.05, 0) is 36.6 Å². The molecule has 0 bridgehead atoms. The zero-order chi connectivity index (χ0) is 20.3. The average molecular weight is 418 g/mol. The maximum absolute atomic E-state index is 12.7. The zero-order valence-corrected chi connectivity index (χ0v) is 16.1. The third kappa shape index (κ3) is 4.49. The molecule has 7 nitrogen and oxygen atoms in total. The lowest BCUT2D eigenvalue weighted by Gasteiger charge is -2.12. The quantitative estimate of drug-likeness (QED) is 0.531. The standard InChI is InChI=1S/C19H17Cl2N5O2/c20-14-5-11(12(8-22)9-23)6-15(21)17(14)19(28)25-13-3-4-24-16(7-13)26-18(27)10-1-2-10/h3-10,22H,1-2,23H2,(H2,24,25,26,27,28)/b12-9+,22-8?. The molecule has 5 N–H and O–H groups in total. The highest BCUT2D eigenvalue weighted by Crippen LogP contribution is 2.31. The number of hydrogen-bond donors (Lipinski definition) is 4. The summed E-state index contributed by atoms with van der Waals surface area (Å²) >= 11 is 12.5. The average Bonchev–Trinajstić information content (AvgIpc) is 3.47. The molecule has 1 heterocycles. The van der Waals surface area contributed by atoms with Crippen LogP contribution in [0.25, 0.3) is 5.57 Å². The van der Waals surface area contributed by atoms with Crippen LogP contribution in [0.5, 0.6) is 0 Å². The molecule has 0 aliphatic heterocycles. The number of carbonyl (C=O) groups is 2. The first-order chi connectivity index (χ1) is 13.4. The molecule has 2 amide bonds. The number of benzene rings is 1. The van der Waals surface area contributed by atoms with Crippen molar-refractivity contribution in [2.45, 2.75) is 12.8 Å². The van der Waals surface area contributed by atoms with E-state index < -0.39 is 5.91 Å². The molecule has 0 unspecified atom stereocenters. The maximum Gasteiger partial charge on any atom is 0.258 e. The van der Waals surface area contributed by atoms with Gasteiger partial charge in [-0.25, -0.2) is 4.98 Å². The number of halogens is 2. The Hall–Kier alpha value is -2.90. The maximum atomic E-state index is 12.7. The molecule has 1 saturated carbocycles. The number of anilines is 2. The van der Waals surface area contributed by atoms with Crippen LogP contribution in [0, 0.1) is 11.3 Å². The van der Waals surface area contributed by atoms with Crippen LogP contribution < -0.4 is 16.4 Å². The summed E-state index contributed by atoms with van der Waals surface area (Å²) in [6.07, 6.45) is 5.56. The molecule has 1 aromatic carbocycles. The third-order valence-corrected chi connectivity index (χ3v) is 4.75. The summed E-state index contributed by atoms with van der Waals surface area (Å²) in [4.78, 5) is 28.6. The lowest BCUT2D eigenvalue weighted by Crippen LogP contribution is -2.16. The van der Waals surface area contributed by atoms with E-state index in [1.165, 1.54) is 24.5 Å². The summed E-state index contributed by atoms with van der Waals surface area (Å²) in [5.41, 5.74) is 6.94. The highest BCUT2D eigenvalue weighted by Gasteiger charge is 2.29. The molecule has 0 atom stereocenters. The van der Waals surface area contributed by atoms with Crippen LogP contribution in [0.1, 0.15) is 28.8 Å². The second-order valence-corrected chi connectivity index (χ2v) is 7.04. The number of rotatable bonds is 6. The predicted octanol–water partition coefficient (Wildman–Crippen LogP) is 3.94. The molecule has 3 rings (SSSR count). The van der Waals surface area contributed by atoms with E-state index in [4.69, 9.17) is 34.3 Å². The van der Waals surface area contributed by atoms with Crippen LogP contribution >= 0.6 is 23.2 Å². The highest BCUT2D eigenvalue weighted by atomic mass is 35.5. The van der Waals surface area contributed by atoms with Crippen LogP contribution in [0.4, 0.5) is 11.5 Å². The summed E-state index contributed by atoms with van der Waals surface area (Å²) in [5.74, 6) is -0.191. The summed E-state index contributed by atoms with van der Waals surface area (Å²) in [6, 6.07) is 6.17. The molecule has 1 aliphatic rings. The van der Waals surface area contributed by atoms with Crippen LogP contribution in [0.15, 0.2) is 36.7 Å². The summed E-state index contributed by atoms with van der Waals surface area (Å²) in [7, 11) is 0. The number of carbonyl (C=O) groups excluding carboxylic acids is 2. The normalized spacial score (nSPS) is 13.7. The van der Waals surface area contributed by atoms with Crippen molar-refractivity contribution >= 4 is 58.3 Å². The topological polar surface area (TPSA) is 121 Å². The number of nitrogens with zero attached hydrogens (tertiary/aromatic N) is 1. The molecule has 28 heavy (non-hydrogen) atoms. The fourth-order valence-electron chi connectivity index (χ4n) is 2.53. The lowest BCUT2D eigenvalue weighted by molar-refractivity contribution is -0.117. The number of nitrogens with two attached hydrogens (primary N) is 1. The van der Waals surface area contributed by atoms with E-state index in [0.29, 0.717) is 22.6 Å². The van der Waals surface area contributed by atoms with E-state index in [0.717, 1.165) is 19.1 Å². The number of nitrogens with one attached hydrogen (secondary N) is 3. The minimum absolute atomic E-state index is 0.0459. The predicted molar refractivity (Wildman–Crippen MR) is 111 cm³/mol. The van der Waals surface area contributed by atoms with Crippen LogP contribution in [-0.2, 0) is 4.79 Å². The summed E-state index contributed by atoms with van der Waals surface area (Å²) in [6.45, 7) is 0. The first-order valence-electron chi connectivity index (χ1n) is 8.43. The van der Waals surface area contributed by atoms with Crippen LogP contribution in [0.3, 0.4) is 0 Å². The van der Waals surface area contributed by atoms with E-state index in [1.807, 2.05) is 0 Å². The van der Waals surface area contributed by atoms with Crippen LogP contribution in [-0.4, -0.2) is 23.0 Å². The summed E-state index contributed by atoms with van der Waals surface area (Å²) < 4.78 is 0. The molecular weight excluding hydrogens is 401 g/mol. The van der Waals surface area contributed by atoms with Crippen LogP contribution in [0.2, 0.25) is 10.0 Å². The number of pyridine rings is 1. The van der Waals surface area contributed by atoms with Crippen molar-refractivity contribution in [2.24, 2.45) is 11.7 Å². The number of amides is 2. The largest absolute Gasteiger partial charge is 0.404 e. The van der Waals surface area contributed by atoms with Gasteiger partial charge in [-0.2, -0.15) is 0 Å². The molecule has 2 aromatic rings. The second-order valence-electron chi connectivity index (χ2n) is 6.23. The van der Waals surface area contributed by atoms with Crippen molar-refractivity contribution in [3.05, 3.63) is 57.8 Å². The van der Waals surface area contributed by atoms with Gasteiger partial charge in [-0.3, -0.25) is 9.59 Å². The fourth-order valence-corrected chi connectivity index (χ4v) is 3.19. The van der Waals surface area contributed by atoms with Crippen molar-refractivity contribution in [3.8, 4) is 0 Å². The van der Waals surface area contributed by atoms with E-state index in [1.54, 1.807) is 12.1 Å². The molecule has 0 radical (unpaired) electrons. The van der Waals surface area contributed by atoms with Crippen molar-refractivity contribution in [1.82, 2.24) is 4.98 Å². The first-order valence-corrected chi connectivity index (χ1v) is 9.18. The molecular formula is C19H17Cl2N5O2. The number of aromatic nitrogens is 1. The minimum Gasteiger partial charge on any atom is -0.404 e. The molecule has 9 heteroatoms. The second kappa shape index (κ2) is 8.41. The molecule has 1 fully saturated rings. The Morgan fingerprint density at radius 3 is 2.43 bits per heavy atom. The Labute approximate surface area is 171 Å². The Bertz CT molecular complexity index is 963. The van der Waals surface area contributed by atoms with E-state index in [-0.39, 0.29) is 27.4 Å². The Kier molecular flexibility index (Phi) is 5.96. The van der Waals surface area contributed by atoms with Crippen molar-refractivity contribution in [2.75, 3.05) is 10.6 Å². The van der Waals surface area contributed by atoms with Gasteiger partial charge in [-0.1, -0.05) is 23.2 Å². The van der Waals surface area contributed by atoms with Gasteiger partial charge >= 0.3 is 0 Å². The monoisotopic (exact) mass is 417 g/mol. The van der Waals surface area contributed by atoms with Gasteiger partial charge in [0.25, 0.3) is 5.91 Å². The first kappa shape index (κ1) is 19.9. The van der Waals surface area contributed by atoms with Crippen molar-refractivity contribution < 1.29 is 9.59 Å². The van der Waals surface area contributed by atoms with Gasteiger partial charge in [0.15, 0.2) is 0 Å². The Morgan fingerprint density at radius 1 is 1.18 bits per heavy atom. The zero-order valence-electron chi connectivity index (χ0n) is 14.6. The van der Waals surface area contributed by atoms with Gasteiger partial charge in [0, 0.05) is 41.9 Å². The molecule has 144 valence electrons. The van der Waals surface area contributed by atoms with Crippen molar-refractivity contribution in [1.29, 1.82) is 5.41 Å². The van der Waals surface area contributed by atoms with Gasteiger partial charge in [-0.15, -0.1) is 0 Å². The molecule has 0 saturated heterocycles. The Morgan fingerprint density at radius 2 is 1.86 bits per heavy atom. The number of allylic oxidation sites excluding steroid dienone is 1. The Balaban J connectivity index is 1.79. The SMILES string of the molecule is N=C/C(=C\N)c1cc(Cl)c(C(=O)Nc2ccnc(NC(=O)C3CC3)c2)c(Cl)c1. The van der Waals surface area contributed by atoms with Gasteiger partial charge < -0.3 is 21.8 Å². The van der Waals surface area contributed by atoms with Gasteiger partial charge in [0.05, 0.1) is 15.6 Å². The summed E-state index contributed by atoms with van der Waals surface area (Å²) in [5, 5.41) is 13.0. The molecule has 1 aromatic heterocycles. The van der Waals surface area contributed by atoms with E-state index >= 15 is 0 Å². The number of hydrogen-bond acceptors (Lipinski definition) is 5. The van der Waals surface area contributed by atoms with Gasteiger partial charge in [0.2, 0.25) is 5.91 Å². The molecule has 0 spiro atoms. The third-order valence-electron chi connectivity index (χ3n) is 4.15. The smallest absolute Gasteiger partial charge is 0.258 e. The van der Waals surface area contributed by atoms with Gasteiger partial charge in [0.1, 0.15) is 5.82 Å². The molecule has 1 aliphatic carbocycles.